The third-order valence-corrected chi connectivity index (χ3v) is 4.08. The van der Waals surface area contributed by atoms with Crippen LogP contribution in [0.5, 0.6) is 0 Å². The maximum atomic E-state index is 12.1. The molecule has 0 aliphatic rings. The van der Waals surface area contributed by atoms with Gasteiger partial charge in [-0.15, -0.1) is 0 Å². The number of benzene rings is 2. The highest BCUT2D eigenvalue weighted by Crippen LogP contribution is 2.18. The molecule has 0 saturated heterocycles. The lowest BCUT2D eigenvalue weighted by atomic mass is 10.2. The first-order valence-corrected chi connectivity index (χ1v) is 9.10. The van der Waals surface area contributed by atoms with E-state index >= 15 is 0 Å². The molecule has 0 aromatic heterocycles. The van der Waals surface area contributed by atoms with Crippen LogP contribution in [-0.2, 0) is 9.59 Å². The second kappa shape index (κ2) is 10.4. The number of amides is 2. The van der Waals surface area contributed by atoms with Gasteiger partial charge in [-0.25, -0.2) is 0 Å². The van der Waals surface area contributed by atoms with Crippen LogP contribution >= 0.6 is 11.6 Å². The zero-order valence-electron chi connectivity index (χ0n) is 14.8. The summed E-state index contributed by atoms with van der Waals surface area (Å²) in [5.74, 6) is -0.281. The second-order valence-electron chi connectivity index (χ2n) is 5.93. The molecule has 2 amide bonds. The molecule has 0 bridgehead atoms. The average Bonchev–Trinajstić information content (AvgIpc) is 2.61. The highest BCUT2D eigenvalue weighted by molar-refractivity contribution is 6.32. The molecular weight excluding hydrogens is 348 g/mol. The minimum atomic E-state index is -0.267. The van der Waals surface area contributed by atoms with Crippen molar-refractivity contribution >= 4 is 40.9 Å². The van der Waals surface area contributed by atoms with Gasteiger partial charge in [0.25, 0.3) is 0 Å². The summed E-state index contributed by atoms with van der Waals surface area (Å²) in [5, 5.41) is 6.22. The number of unbranched alkanes of at least 4 members (excludes halogenated alkanes) is 2. The number of carbonyl (C=O) groups excluding carboxylic acids is 2. The summed E-state index contributed by atoms with van der Waals surface area (Å²) in [4.78, 5) is 24.0. The Hall–Kier alpha value is -2.59. The molecule has 0 spiro atoms. The Morgan fingerprint density at radius 1 is 1.00 bits per heavy atom. The van der Waals surface area contributed by atoms with Crippen molar-refractivity contribution in [1.29, 1.82) is 0 Å². The summed E-state index contributed by atoms with van der Waals surface area (Å²) in [7, 11) is 0. The van der Waals surface area contributed by atoms with Crippen molar-refractivity contribution in [2.45, 2.75) is 32.6 Å². The molecule has 5 heteroatoms. The van der Waals surface area contributed by atoms with E-state index in [1.54, 1.807) is 36.4 Å². The first-order valence-electron chi connectivity index (χ1n) is 8.72. The van der Waals surface area contributed by atoms with Crippen LogP contribution in [-0.4, -0.2) is 11.8 Å². The number of hydrogen-bond donors (Lipinski definition) is 2. The van der Waals surface area contributed by atoms with E-state index in [-0.39, 0.29) is 11.8 Å². The zero-order valence-corrected chi connectivity index (χ0v) is 15.6. The molecule has 0 aliphatic heterocycles. The lowest BCUT2D eigenvalue weighted by Gasteiger charge is -2.08. The van der Waals surface area contributed by atoms with E-state index in [1.165, 1.54) is 6.08 Å². The van der Waals surface area contributed by atoms with E-state index in [9.17, 15) is 9.59 Å². The van der Waals surface area contributed by atoms with Crippen LogP contribution in [0.1, 0.15) is 38.2 Å². The lowest BCUT2D eigenvalue weighted by Crippen LogP contribution is -2.12. The van der Waals surface area contributed by atoms with Gasteiger partial charge in [0.2, 0.25) is 11.8 Å². The Labute approximate surface area is 159 Å². The van der Waals surface area contributed by atoms with Crippen LogP contribution in [0, 0.1) is 0 Å². The number of hydrogen-bond acceptors (Lipinski definition) is 2. The topological polar surface area (TPSA) is 58.2 Å². The molecule has 2 rings (SSSR count). The van der Waals surface area contributed by atoms with E-state index in [4.69, 9.17) is 11.6 Å². The molecule has 0 unspecified atom stereocenters. The monoisotopic (exact) mass is 370 g/mol. The van der Waals surface area contributed by atoms with Gasteiger partial charge in [0, 0.05) is 28.9 Å². The van der Waals surface area contributed by atoms with E-state index in [1.807, 2.05) is 18.2 Å². The average molecular weight is 371 g/mol. The fourth-order valence-electron chi connectivity index (χ4n) is 2.39. The smallest absolute Gasteiger partial charge is 0.248 e. The van der Waals surface area contributed by atoms with E-state index < -0.39 is 0 Å². The van der Waals surface area contributed by atoms with Gasteiger partial charge < -0.3 is 10.6 Å². The van der Waals surface area contributed by atoms with Gasteiger partial charge in [0.15, 0.2) is 0 Å². The van der Waals surface area contributed by atoms with Crippen molar-refractivity contribution in [3.05, 3.63) is 65.2 Å². The molecule has 0 saturated carbocycles. The third-order valence-electron chi connectivity index (χ3n) is 3.74. The Morgan fingerprint density at radius 3 is 2.46 bits per heavy atom. The maximum Gasteiger partial charge on any atom is 0.248 e. The molecule has 0 fully saturated rings. The second-order valence-corrected chi connectivity index (χ2v) is 6.34. The van der Waals surface area contributed by atoms with Crippen molar-refractivity contribution in [2.75, 3.05) is 10.6 Å². The summed E-state index contributed by atoms with van der Waals surface area (Å²) in [6.45, 7) is 2.10. The van der Waals surface area contributed by atoms with Crippen LogP contribution in [0.2, 0.25) is 5.02 Å². The quantitative estimate of drug-likeness (QED) is 0.475. The molecule has 0 heterocycles. The SMILES string of the molecule is CCCCCC(=O)Nc1cccc(NC(=O)/C=C/c2ccccc2Cl)c1. The molecule has 4 nitrogen and oxygen atoms in total. The minimum Gasteiger partial charge on any atom is -0.326 e. The van der Waals surface area contributed by atoms with Crippen LogP contribution < -0.4 is 10.6 Å². The largest absolute Gasteiger partial charge is 0.326 e. The summed E-state index contributed by atoms with van der Waals surface area (Å²) < 4.78 is 0. The Bertz CT molecular complexity index is 787. The molecule has 0 atom stereocenters. The van der Waals surface area contributed by atoms with Crippen LogP contribution in [0.4, 0.5) is 11.4 Å². The molecule has 136 valence electrons. The Morgan fingerprint density at radius 2 is 1.73 bits per heavy atom. The van der Waals surface area contributed by atoms with Gasteiger partial charge >= 0.3 is 0 Å². The number of carbonyl (C=O) groups is 2. The predicted octanol–water partition coefficient (Wildman–Crippen LogP) is 5.51. The molecule has 2 N–H and O–H groups in total. The van der Waals surface area contributed by atoms with Gasteiger partial charge in [-0.2, -0.15) is 0 Å². The van der Waals surface area contributed by atoms with Crippen molar-refractivity contribution in [3.63, 3.8) is 0 Å². The molecular formula is C21H23ClN2O2. The number of nitrogens with one attached hydrogen (secondary N) is 2. The fraction of sp³-hybridized carbons (Fsp3) is 0.238. The Balaban J connectivity index is 1.92. The lowest BCUT2D eigenvalue weighted by molar-refractivity contribution is -0.116. The summed E-state index contributed by atoms with van der Waals surface area (Å²) in [6, 6.07) is 14.4. The van der Waals surface area contributed by atoms with Crippen molar-refractivity contribution in [1.82, 2.24) is 0 Å². The first kappa shape index (κ1) is 19.7. The molecule has 2 aromatic carbocycles. The molecule has 0 radical (unpaired) electrons. The van der Waals surface area contributed by atoms with E-state index in [0.29, 0.717) is 22.8 Å². The standard InChI is InChI=1S/C21H23ClN2O2/c1-2-3-4-12-20(25)23-17-9-7-10-18(15-17)24-21(26)14-13-16-8-5-6-11-19(16)22/h5-11,13-15H,2-4,12H2,1H3,(H,23,25)(H,24,26)/b14-13+. The highest BCUT2D eigenvalue weighted by atomic mass is 35.5. The van der Waals surface area contributed by atoms with Crippen LogP contribution in [0.3, 0.4) is 0 Å². The van der Waals surface area contributed by atoms with Gasteiger partial charge in [-0.05, 0) is 42.3 Å². The number of anilines is 2. The Kier molecular flexibility index (Phi) is 7.90. The van der Waals surface area contributed by atoms with Gasteiger partial charge in [0.1, 0.15) is 0 Å². The van der Waals surface area contributed by atoms with Crippen LogP contribution in [0.25, 0.3) is 6.08 Å². The van der Waals surface area contributed by atoms with Gasteiger partial charge in [-0.1, -0.05) is 55.6 Å². The molecule has 26 heavy (non-hydrogen) atoms. The van der Waals surface area contributed by atoms with E-state index in [2.05, 4.69) is 17.6 Å². The molecule has 0 aliphatic carbocycles. The summed E-state index contributed by atoms with van der Waals surface area (Å²) >= 11 is 6.06. The van der Waals surface area contributed by atoms with Crippen molar-refractivity contribution < 1.29 is 9.59 Å². The summed E-state index contributed by atoms with van der Waals surface area (Å²) in [5.41, 5.74) is 2.06. The summed E-state index contributed by atoms with van der Waals surface area (Å²) in [6.07, 6.45) is 6.60. The van der Waals surface area contributed by atoms with Gasteiger partial charge in [-0.3, -0.25) is 9.59 Å². The maximum absolute atomic E-state index is 12.1. The highest BCUT2D eigenvalue weighted by Gasteiger charge is 2.04. The van der Waals surface area contributed by atoms with Crippen LogP contribution in [0.15, 0.2) is 54.6 Å². The normalized spacial score (nSPS) is 10.7. The van der Waals surface area contributed by atoms with Gasteiger partial charge in [0.05, 0.1) is 0 Å². The number of rotatable bonds is 8. The fourth-order valence-corrected chi connectivity index (χ4v) is 2.59. The third kappa shape index (κ3) is 6.73. The van der Waals surface area contributed by atoms with E-state index in [0.717, 1.165) is 24.8 Å². The minimum absolute atomic E-state index is 0.0134. The number of halogens is 1. The first-order chi connectivity index (χ1) is 12.6. The molecule has 2 aromatic rings. The van der Waals surface area contributed by atoms with Crippen molar-refractivity contribution in [3.8, 4) is 0 Å². The van der Waals surface area contributed by atoms with Crippen molar-refractivity contribution in [2.24, 2.45) is 0 Å². The zero-order chi connectivity index (χ0) is 18.8. The predicted molar refractivity (Wildman–Crippen MR) is 108 cm³/mol.